The summed E-state index contributed by atoms with van der Waals surface area (Å²) in [6.45, 7) is 7.66. The van der Waals surface area contributed by atoms with Crippen LogP contribution in [0.2, 0.25) is 0 Å². The van der Waals surface area contributed by atoms with Crippen LogP contribution >= 0.6 is 0 Å². The van der Waals surface area contributed by atoms with Crippen molar-refractivity contribution in [1.29, 1.82) is 0 Å². The third-order valence-corrected chi connectivity index (χ3v) is 4.62. The van der Waals surface area contributed by atoms with Crippen molar-refractivity contribution in [2.24, 2.45) is 5.92 Å². The molecular formula is C18H25NO. The summed E-state index contributed by atoms with van der Waals surface area (Å²) in [7, 11) is 0. The summed E-state index contributed by atoms with van der Waals surface area (Å²) in [6.07, 6.45) is 4.47. The van der Waals surface area contributed by atoms with E-state index in [1.807, 2.05) is 0 Å². The van der Waals surface area contributed by atoms with Crippen molar-refractivity contribution in [2.75, 3.05) is 6.54 Å². The lowest BCUT2D eigenvalue weighted by molar-refractivity contribution is -0.133. The Hall–Kier alpha value is -1.31. The second-order valence-electron chi connectivity index (χ2n) is 7.34. The van der Waals surface area contributed by atoms with Crippen LogP contribution in [-0.2, 0) is 10.2 Å². The number of likely N-dealkylation sites (tertiary alicyclic amines) is 1. The Bertz CT molecular complexity index is 493. The van der Waals surface area contributed by atoms with Crippen LogP contribution in [0.15, 0.2) is 24.3 Å². The molecule has 0 radical (unpaired) electrons. The molecule has 2 aliphatic rings. The number of carbonyl (C=O) groups excluding carboxylic acids is 1. The summed E-state index contributed by atoms with van der Waals surface area (Å²) in [4.78, 5) is 14.5. The molecule has 1 amide bonds. The lowest BCUT2D eigenvalue weighted by Crippen LogP contribution is -2.31. The van der Waals surface area contributed by atoms with Crippen LogP contribution in [-0.4, -0.2) is 17.4 Å². The molecular weight excluding hydrogens is 246 g/mol. The van der Waals surface area contributed by atoms with Crippen LogP contribution in [0.25, 0.3) is 0 Å². The average Bonchev–Trinajstić information content (AvgIpc) is 3.14. The maximum atomic E-state index is 12.3. The summed E-state index contributed by atoms with van der Waals surface area (Å²) in [5.74, 6) is 0.733. The number of nitrogens with zero attached hydrogens (tertiary/aromatic N) is 1. The Morgan fingerprint density at radius 3 is 2.30 bits per heavy atom. The first-order valence-corrected chi connectivity index (χ1v) is 7.88. The van der Waals surface area contributed by atoms with E-state index in [9.17, 15) is 4.79 Å². The minimum Gasteiger partial charge on any atom is -0.335 e. The number of rotatable bonds is 2. The van der Waals surface area contributed by atoms with E-state index >= 15 is 0 Å². The Morgan fingerprint density at radius 2 is 1.75 bits per heavy atom. The number of hydrogen-bond acceptors (Lipinski definition) is 1. The van der Waals surface area contributed by atoms with Crippen LogP contribution < -0.4 is 0 Å². The van der Waals surface area contributed by atoms with Crippen molar-refractivity contribution < 1.29 is 4.79 Å². The Kier molecular flexibility index (Phi) is 3.35. The number of amides is 1. The van der Waals surface area contributed by atoms with Crippen LogP contribution in [0.5, 0.6) is 0 Å². The summed E-state index contributed by atoms with van der Waals surface area (Å²) in [5.41, 5.74) is 2.86. The van der Waals surface area contributed by atoms with E-state index in [1.165, 1.54) is 11.1 Å². The third-order valence-electron chi connectivity index (χ3n) is 4.62. The zero-order valence-corrected chi connectivity index (χ0v) is 12.9. The molecule has 108 valence electrons. The molecule has 1 saturated carbocycles. The summed E-state index contributed by atoms with van der Waals surface area (Å²) in [5, 5.41) is 0. The molecule has 0 aromatic heterocycles. The second-order valence-corrected chi connectivity index (χ2v) is 7.34. The fourth-order valence-electron chi connectivity index (χ4n) is 3.15. The molecule has 1 saturated heterocycles. The van der Waals surface area contributed by atoms with Crippen LogP contribution in [0.1, 0.15) is 63.6 Å². The van der Waals surface area contributed by atoms with Gasteiger partial charge in [-0.2, -0.15) is 0 Å². The van der Waals surface area contributed by atoms with Gasteiger partial charge in [-0.3, -0.25) is 4.79 Å². The Labute approximate surface area is 122 Å². The molecule has 0 unspecified atom stereocenters. The fourth-order valence-corrected chi connectivity index (χ4v) is 3.15. The minimum absolute atomic E-state index is 0.192. The van der Waals surface area contributed by atoms with Crippen molar-refractivity contribution in [3.63, 3.8) is 0 Å². The van der Waals surface area contributed by atoms with Crippen molar-refractivity contribution in [3.05, 3.63) is 35.4 Å². The maximum absolute atomic E-state index is 12.3. The van der Waals surface area contributed by atoms with E-state index in [0.717, 1.165) is 32.2 Å². The van der Waals surface area contributed by atoms with E-state index in [2.05, 4.69) is 49.9 Å². The molecule has 0 bridgehead atoms. The number of hydrogen-bond donors (Lipinski definition) is 0. The maximum Gasteiger partial charge on any atom is 0.226 e. The van der Waals surface area contributed by atoms with E-state index in [-0.39, 0.29) is 5.41 Å². The highest BCUT2D eigenvalue weighted by Gasteiger charge is 2.38. The Balaban J connectivity index is 1.79. The van der Waals surface area contributed by atoms with Gasteiger partial charge in [0.1, 0.15) is 0 Å². The highest BCUT2D eigenvalue weighted by molar-refractivity contribution is 5.81. The van der Waals surface area contributed by atoms with Gasteiger partial charge in [-0.1, -0.05) is 45.0 Å². The van der Waals surface area contributed by atoms with Crippen LogP contribution in [0.3, 0.4) is 0 Å². The van der Waals surface area contributed by atoms with Gasteiger partial charge in [0.15, 0.2) is 0 Å². The highest BCUT2D eigenvalue weighted by atomic mass is 16.2. The molecule has 20 heavy (non-hydrogen) atoms. The van der Waals surface area contributed by atoms with Gasteiger partial charge in [-0.15, -0.1) is 0 Å². The first-order valence-electron chi connectivity index (χ1n) is 7.88. The largest absolute Gasteiger partial charge is 0.335 e. The molecule has 1 atom stereocenters. The first-order chi connectivity index (χ1) is 9.47. The van der Waals surface area contributed by atoms with Gasteiger partial charge < -0.3 is 4.90 Å². The zero-order valence-electron chi connectivity index (χ0n) is 12.9. The lowest BCUT2D eigenvalue weighted by atomic mass is 9.86. The molecule has 1 aromatic carbocycles. The van der Waals surface area contributed by atoms with Crippen molar-refractivity contribution >= 4 is 5.91 Å². The smallest absolute Gasteiger partial charge is 0.226 e. The molecule has 1 heterocycles. The van der Waals surface area contributed by atoms with Crippen LogP contribution in [0.4, 0.5) is 0 Å². The molecule has 0 spiro atoms. The quantitative estimate of drug-likeness (QED) is 0.794. The summed E-state index contributed by atoms with van der Waals surface area (Å²) in [6, 6.07) is 9.23. The topological polar surface area (TPSA) is 20.3 Å². The van der Waals surface area contributed by atoms with Crippen molar-refractivity contribution in [2.45, 2.75) is 57.9 Å². The monoisotopic (exact) mass is 271 g/mol. The van der Waals surface area contributed by atoms with E-state index in [4.69, 9.17) is 0 Å². The number of benzene rings is 1. The van der Waals surface area contributed by atoms with Gasteiger partial charge in [0.05, 0.1) is 6.04 Å². The molecule has 1 aliphatic heterocycles. The highest BCUT2D eigenvalue weighted by Crippen LogP contribution is 2.39. The van der Waals surface area contributed by atoms with Gasteiger partial charge in [-0.25, -0.2) is 0 Å². The van der Waals surface area contributed by atoms with E-state index < -0.39 is 0 Å². The third kappa shape index (κ3) is 2.61. The van der Waals surface area contributed by atoms with E-state index in [0.29, 0.717) is 17.9 Å². The van der Waals surface area contributed by atoms with E-state index in [1.54, 1.807) is 0 Å². The SMILES string of the molecule is CC(C)(C)c1ccc([C@@H]2CCCN2C(=O)C2CC2)cc1. The molecule has 1 aliphatic carbocycles. The summed E-state index contributed by atoms with van der Waals surface area (Å²) < 4.78 is 0. The van der Waals surface area contributed by atoms with Crippen LogP contribution in [0, 0.1) is 5.92 Å². The predicted molar refractivity (Wildman–Crippen MR) is 81.6 cm³/mol. The lowest BCUT2D eigenvalue weighted by Gasteiger charge is -2.26. The summed E-state index contributed by atoms with van der Waals surface area (Å²) >= 11 is 0. The van der Waals surface area contributed by atoms with Gasteiger partial charge in [0, 0.05) is 12.5 Å². The van der Waals surface area contributed by atoms with Crippen molar-refractivity contribution in [3.8, 4) is 0 Å². The molecule has 1 aromatic rings. The molecule has 0 N–H and O–H groups in total. The molecule has 2 nitrogen and oxygen atoms in total. The molecule has 3 rings (SSSR count). The molecule has 2 heteroatoms. The van der Waals surface area contributed by atoms with Gasteiger partial charge in [0.2, 0.25) is 5.91 Å². The number of carbonyl (C=O) groups is 1. The van der Waals surface area contributed by atoms with Crippen molar-refractivity contribution in [1.82, 2.24) is 4.90 Å². The van der Waals surface area contributed by atoms with Gasteiger partial charge in [-0.05, 0) is 42.2 Å². The zero-order chi connectivity index (χ0) is 14.3. The molecule has 2 fully saturated rings. The normalized spacial score (nSPS) is 23.1. The van der Waals surface area contributed by atoms with Gasteiger partial charge in [0.25, 0.3) is 0 Å². The minimum atomic E-state index is 0.192. The Morgan fingerprint density at radius 1 is 1.10 bits per heavy atom. The fraction of sp³-hybridized carbons (Fsp3) is 0.611. The first kappa shape index (κ1) is 13.7. The standard InChI is InChI=1S/C18H25NO/c1-18(2,3)15-10-8-13(9-11-15)16-5-4-12-19(16)17(20)14-6-7-14/h8-11,14,16H,4-7,12H2,1-3H3/t16-/m0/s1. The average molecular weight is 271 g/mol. The van der Waals surface area contributed by atoms with Gasteiger partial charge >= 0.3 is 0 Å². The second kappa shape index (κ2) is 4.91. The predicted octanol–water partition coefficient (Wildman–Crippen LogP) is 4.06.